The van der Waals surface area contributed by atoms with Gasteiger partial charge in [-0.1, -0.05) is 12.1 Å². The number of benzene rings is 1. The van der Waals surface area contributed by atoms with Crippen LogP contribution in [-0.4, -0.2) is 11.1 Å². The van der Waals surface area contributed by atoms with Crippen LogP contribution in [0.3, 0.4) is 0 Å². The molecule has 1 atom stereocenters. The Bertz CT molecular complexity index is 382. The number of nitrogens with two attached hydrogens (primary N) is 1. The van der Waals surface area contributed by atoms with Crippen LogP contribution in [-0.2, 0) is 4.79 Å². The van der Waals surface area contributed by atoms with Crippen LogP contribution in [0.5, 0.6) is 0 Å². The zero-order valence-electron chi connectivity index (χ0n) is 7.47. The number of carboxylic acid groups (broad SMARTS) is 1. The fraction of sp³-hybridized carbons (Fsp3) is 0.200. The molecule has 0 bridgehead atoms. The quantitative estimate of drug-likeness (QED) is 0.745. The Kier molecular flexibility index (Phi) is 3.21. The Balaban J connectivity index is 2.85. The topological polar surface area (TPSA) is 87.1 Å². The predicted octanol–water partition coefficient (Wildman–Crippen LogP) is 1.03. The first-order chi connectivity index (χ1) is 6.63. The summed E-state index contributed by atoms with van der Waals surface area (Å²) in [7, 11) is 0. The Morgan fingerprint density at radius 1 is 1.64 bits per heavy atom. The summed E-state index contributed by atoms with van der Waals surface area (Å²) in [6.07, 6.45) is -0.130. The molecule has 1 aromatic carbocycles. The first-order valence-electron chi connectivity index (χ1n) is 4.11. The lowest BCUT2D eigenvalue weighted by Gasteiger charge is -2.08. The summed E-state index contributed by atoms with van der Waals surface area (Å²) >= 11 is 0. The summed E-state index contributed by atoms with van der Waals surface area (Å²) < 4.78 is 0. The first kappa shape index (κ1) is 10.2. The van der Waals surface area contributed by atoms with Crippen LogP contribution >= 0.6 is 0 Å². The fourth-order valence-electron chi connectivity index (χ4n) is 1.14. The van der Waals surface area contributed by atoms with E-state index >= 15 is 0 Å². The van der Waals surface area contributed by atoms with Crippen LogP contribution in [0, 0.1) is 11.3 Å². The van der Waals surface area contributed by atoms with Crippen molar-refractivity contribution in [3.8, 4) is 6.07 Å². The van der Waals surface area contributed by atoms with Gasteiger partial charge in [-0.3, -0.25) is 4.79 Å². The van der Waals surface area contributed by atoms with Crippen LogP contribution < -0.4 is 5.73 Å². The summed E-state index contributed by atoms with van der Waals surface area (Å²) in [5.41, 5.74) is 6.79. The highest BCUT2D eigenvalue weighted by molar-refractivity contribution is 5.67. The molecule has 4 heteroatoms. The molecule has 0 amide bonds. The Morgan fingerprint density at radius 3 is 2.93 bits per heavy atom. The number of nitrogens with zero attached hydrogens (tertiary/aromatic N) is 1. The normalized spacial score (nSPS) is 11.7. The van der Waals surface area contributed by atoms with Crippen molar-refractivity contribution in [3.63, 3.8) is 0 Å². The third kappa shape index (κ3) is 2.57. The average molecular weight is 190 g/mol. The zero-order chi connectivity index (χ0) is 10.6. The number of hydrogen-bond acceptors (Lipinski definition) is 3. The Labute approximate surface area is 81.6 Å². The maximum atomic E-state index is 10.4. The van der Waals surface area contributed by atoms with Gasteiger partial charge in [-0.25, -0.2) is 0 Å². The zero-order valence-corrected chi connectivity index (χ0v) is 7.47. The van der Waals surface area contributed by atoms with Crippen LogP contribution in [0.4, 0.5) is 0 Å². The van der Waals surface area contributed by atoms with Gasteiger partial charge in [0.2, 0.25) is 0 Å². The smallest absolute Gasteiger partial charge is 0.305 e. The van der Waals surface area contributed by atoms with Gasteiger partial charge in [-0.2, -0.15) is 5.26 Å². The predicted molar refractivity (Wildman–Crippen MR) is 50.3 cm³/mol. The van der Waals surface area contributed by atoms with Gasteiger partial charge < -0.3 is 10.8 Å². The largest absolute Gasteiger partial charge is 0.481 e. The second-order valence-electron chi connectivity index (χ2n) is 2.94. The van der Waals surface area contributed by atoms with Gasteiger partial charge in [0.15, 0.2) is 0 Å². The third-order valence-corrected chi connectivity index (χ3v) is 1.84. The number of carbonyl (C=O) groups is 1. The molecule has 14 heavy (non-hydrogen) atoms. The van der Waals surface area contributed by atoms with E-state index in [1.54, 1.807) is 24.3 Å². The van der Waals surface area contributed by atoms with E-state index in [1.807, 2.05) is 6.07 Å². The maximum absolute atomic E-state index is 10.4. The highest BCUT2D eigenvalue weighted by atomic mass is 16.4. The van der Waals surface area contributed by atoms with Gasteiger partial charge in [0, 0.05) is 6.04 Å². The van der Waals surface area contributed by atoms with Crippen molar-refractivity contribution in [2.45, 2.75) is 12.5 Å². The number of carboxylic acids is 1. The molecule has 0 fully saturated rings. The number of aliphatic carboxylic acids is 1. The molecular formula is C10H10N2O2. The van der Waals surface area contributed by atoms with Gasteiger partial charge in [0.1, 0.15) is 0 Å². The Morgan fingerprint density at radius 2 is 2.36 bits per heavy atom. The number of rotatable bonds is 3. The van der Waals surface area contributed by atoms with Crippen molar-refractivity contribution in [2.75, 3.05) is 0 Å². The maximum Gasteiger partial charge on any atom is 0.305 e. The summed E-state index contributed by atoms with van der Waals surface area (Å²) in [4.78, 5) is 10.4. The van der Waals surface area contributed by atoms with E-state index in [0.717, 1.165) is 0 Å². The van der Waals surface area contributed by atoms with Crippen LogP contribution in [0.2, 0.25) is 0 Å². The van der Waals surface area contributed by atoms with Crippen LogP contribution in [0.15, 0.2) is 24.3 Å². The van der Waals surface area contributed by atoms with Crippen LogP contribution in [0.25, 0.3) is 0 Å². The van der Waals surface area contributed by atoms with E-state index in [2.05, 4.69) is 0 Å². The van der Waals surface area contributed by atoms with E-state index in [9.17, 15) is 4.79 Å². The second-order valence-corrected chi connectivity index (χ2v) is 2.94. The first-order valence-corrected chi connectivity index (χ1v) is 4.11. The number of hydrogen-bond donors (Lipinski definition) is 2. The molecule has 0 aromatic heterocycles. The molecular weight excluding hydrogens is 180 g/mol. The summed E-state index contributed by atoms with van der Waals surface area (Å²) in [5, 5.41) is 17.1. The van der Waals surface area contributed by atoms with E-state index in [0.29, 0.717) is 11.1 Å². The van der Waals surface area contributed by atoms with Crippen molar-refractivity contribution >= 4 is 5.97 Å². The average Bonchev–Trinajstić information content (AvgIpc) is 2.17. The molecule has 0 aliphatic heterocycles. The molecule has 0 aliphatic carbocycles. The van der Waals surface area contributed by atoms with Crippen LogP contribution in [0.1, 0.15) is 23.6 Å². The second kappa shape index (κ2) is 4.40. The summed E-state index contributed by atoms with van der Waals surface area (Å²) in [6.45, 7) is 0. The Hall–Kier alpha value is -1.86. The van der Waals surface area contributed by atoms with Crippen molar-refractivity contribution in [3.05, 3.63) is 35.4 Å². The van der Waals surface area contributed by atoms with Gasteiger partial charge >= 0.3 is 5.97 Å². The molecule has 0 saturated heterocycles. The third-order valence-electron chi connectivity index (χ3n) is 1.84. The van der Waals surface area contributed by atoms with Crippen molar-refractivity contribution in [1.82, 2.24) is 0 Å². The fourth-order valence-corrected chi connectivity index (χ4v) is 1.14. The van der Waals surface area contributed by atoms with Crippen molar-refractivity contribution in [2.24, 2.45) is 5.73 Å². The number of nitriles is 1. The molecule has 1 aromatic rings. The minimum atomic E-state index is -0.945. The molecule has 0 spiro atoms. The molecule has 1 rings (SSSR count). The van der Waals surface area contributed by atoms with E-state index in [4.69, 9.17) is 16.1 Å². The van der Waals surface area contributed by atoms with Gasteiger partial charge in [-0.15, -0.1) is 0 Å². The van der Waals surface area contributed by atoms with Gasteiger partial charge in [0.05, 0.1) is 18.1 Å². The van der Waals surface area contributed by atoms with E-state index in [-0.39, 0.29) is 6.42 Å². The molecule has 3 N–H and O–H groups in total. The van der Waals surface area contributed by atoms with Crippen molar-refractivity contribution < 1.29 is 9.90 Å². The van der Waals surface area contributed by atoms with Gasteiger partial charge in [-0.05, 0) is 17.7 Å². The molecule has 0 saturated carbocycles. The summed E-state index contributed by atoms with van der Waals surface area (Å²) in [6, 6.07) is 8.08. The van der Waals surface area contributed by atoms with Gasteiger partial charge in [0.25, 0.3) is 0 Å². The molecule has 0 radical (unpaired) electrons. The minimum Gasteiger partial charge on any atom is -0.481 e. The van der Waals surface area contributed by atoms with Crippen molar-refractivity contribution in [1.29, 1.82) is 5.26 Å². The lowest BCUT2D eigenvalue weighted by molar-refractivity contribution is -0.137. The lowest BCUT2D eigenvalue weighted by Crippen LogP contribution is -2.14. The SMILES string of the molecule is N#Cc1cccc(C(N)CC(=O)O)c1. The molecule has 72 valence electrons. The molecule has 4 nitrogen and oxygen atoms in total. The van der Waals surface area contributed by atoms with E-state index < -0.39 is 12.0 Å². The standard InChI is InChI=1S/C10H10N2O2/c11-6-7-2-1-3-8(4-7)9(12)5-10(13)14/h1-4,9H,5,12H2,(H,13,14). The monoisotopic (exact) mass is 190 g/mol. The highest BCUT2D eigenvalue weighted by Gasteiger charge is 2.10. The molecule has 0 aliphatic rings. The molecule has 1 unspecified atom stereocenters. The molecule has 0 heterocycles. The summed E-state index contributed by atoms with van der Waals surface area (Å²) in [5.74, 6) is -0.945. The minimum absolute atomic E-state index is 0.130. The highest BCUT2D eigenvalue weighted by Crippen LogP contribution is 2.14. The lowest BCUT2D eigenvalue weighted by atomic mass is 10.0. The van der Waals surface area contributed by atoms with E-state index in [1.165, 1.54) is 0 Å².